The van der Waals surface area contributed by atoms with Crippen LogP contribution in [0.5, 0.6) is 0 Å². The van der Waals surface area contributed by atoms with Crippen LogP contribution in [0.15, 0.2) is 75.9 Å². The molecule has 1 aliphatic rings. The molecule has 2 amide bonds. The van der Waals surface area contributed by atoms with E-state index in [4.69, 9.17) is 0 Å². The van der Waals surface area contributed by atoms with Gasteiger partial charge in [-0.25, -0.2) is 8.42 Å². The minimum absolute atomic E-state index is 0.0295. The molecule has 32 heavy (non-hydrogen) atoms. The molecule has 3 aromatic rings. The number of nitrogens with zero attached hydrogens (tertiary/aromatic N) is 1. The van der Waals surface area contributed by atoms with Gasteiger partial charge < -0.3 is 10.6 Å². The molecule has 8 nitrogen and oxygen atoms in total. The number of nitrogens with one attached hydrogen (secondary N) is 3. The van der Waals surface area contributed by atoms with Crippen molar-refractivity contribution >= 4 is 50.4 Å². The van der Waals surface area contributed by atoms with Crippen LogP contribution in [0.2, 0.25) is 0 Å². The molecule has 1 aromatic heterocycles. The van der Waals surface area contributed by atoms with E-state index in [9.17, 15) is 18.0 Å². The van der Waals surface area contributed by atoms with Gasteiger partial charge >= 0.3 is 0 Å². The average molecular weight is 469 g/mol. The summed E-state index contributed by atoms with van der Waals surface area (Å²) < 4.78 is 27.7. The highest BCUT2D eigenvalue weighted by molar-refractivity contribution is 7.90. The number of anilines is 2. The first-order valence-electron chi connectivity index (χ1n) is 9.83. The Balaban J connectivity index is 1.46. The summed E-state index contributed by atoms with van der Waals surface area (Å²) >= 11 is 1.32. The first-order valence-corrected chi connectivity index (χ1v) is 12.2. The van der Waals surface area contributed by atoms with Crippen LogP contribution in [0, 0.1) is 0 Å². The zero-order valence-corrected chi connectivity index (χ0v) is 18.5. The fourth-order valence-electron chi connectivity index (χ4n) is 3.12. The van der Waals surface area contributed by atoms with E-state index in [0.717, 1.165) is 6.42 Å². The molecule has 0 bridgehead atoms. The average Bonchev–Trinajstić information content (AvgIpc) is 3.48. The van der Waals surface area contributed by atoms with Gasteiger partial charge in [-0.05, 0) is 54.3 Å². The Morgan fingerprint density at radius 1 is 0.906 bits per heavy atom. The number of carbonyl (C=O) groups excluding carboxylic acids is 2. The molecule has 2 heterocycles. The highest BCUT2D eigenvalue weighted by Gasteiger charge is 2.19. The normalized spacial score (nSPS) is 13.3. The Morgan fingerprint density at radius 2 is 1.66 bits per heavy atom. The lowest BCUT2D eigenvalue weighted by Gasteiger charge is -2.11. The number of sulfonamides is 1. The summed E-state index contributed by atoms with van der Waals surface area (Å²) in [5, 5.41) is 7.27. The van der Waals surface area contributed by atoms with Gasteiger partial charge in [-0.3, -0.25) is 19.3 Å². The quantitative estimate of drug-likeness (QED) is 0.511. The maximum absolute atomic E-state index is 12.7. The van der Waals surface area contributed by atoms with Gasteiger partial charge in [0.1, 0.15) is 5.84 Å². The molecule has 4 rings (SSSR count). The minimum Gasteiger partial charge on any atom is -0.322 e. The highest BCUT2D eigenvalue weighted by Crippen LogP contribution is 2.19. The zero-order chi connectivity index (χ0) is 22.6. The second-order valence-corrected chi connectivity index (χ2v) is 9.66. The fraction of sp³-hybridized carbons (Fsp3) is 0.136. The molecule has 0 saturated heterocycles. The van der Waals surface area contributed by atoms with Crippen molar-refractivity contribution in [2.45, 2.75) is 17.7 Å². The fourth-order valence-corrected chi connectivity index (χ4v) is 4.87. The topological polar surface area (TPSA) is 117 Å². The summed E-state index contributed by atoms with van der Waals surface area (Å²) in [7, 11) is -3.79. The van der Waals surface area contributed by atoms with Crippen LogP contribution in [0.1, 0.15) is 32.9 Å². The molecule has 0 unspecified atom stereocenters. The summed E-state index contributed by atoms with van der Waals surface area (Å²) in [6.45, 7) is 0.612. The van der Waals surface area contributed by atoms with Gasteiger partial charge in [-0.2, -0.15) is 0 Å². The van der Waals surface area contributed by atoms with E-state index in [1.54, 1.807) is 48.5 Å². The number of hydrogen-bond acceptors (Lipinski definition) is 6. The van der Waals surface area contributed by atoms with Crippen LogP contribution in [0.4, 0.5) is 11.4 Å². The van der Waals surface area contributed by atoms with E-state index in [1.165, 1.54) is 23.5 Å². The van der Waals surface area contributed by atoms with Crippen molar-refractivity contribution in [3.63, 3.8) is 0 Å². The molecule has 0 saturated carbocycles. The summed E-state index contributed by atoms with van der Waals surface area (Å²) in [6, 6.07) is 16.0. The zero-order valence-electron chi connectivity index (χ0n) is 16.9. The van der Waals surface area contributed by atoms with E-state index >= 15 is 0 Å². The van der Waals surface area contributed by atoms with Crippen molar-refractivity contribution < 1.29 is 18.0 Å². The number of hydrogen-bond donors (Lipinski definition) is 3. The van der Waals surface area contributed by atoms with E-state index in [1.807, 2.05) is 5.38 Å². The minimum atomic E-state index is -3.79. The lowest BCUT2D eigenvalue weighted by Crippen LogP contribution is -2.29. The first-order chi connectivity index (χ1) is 15.4. The largest absolute Gasteiger partial charge is 0.322 e. The van der Waals surface area contributed by atoms with Crippen LogP contribution in [-0.4, -0.2) is 32.6 Å². The molecular weight excluding hydrogens is 448 g/mol. The van der Waals surface area contributed by atoms with Crippen molar-refractivity contribution in [2.24, 2.45) is 4.99 Å². The first kappa shape index (κ1) is 21.7. The van der Waals surface area contributed by atoms with Crippen molar-refractivity contribution in [2.75, 3.05) is 17.2 Å². The summed E-state index contributed by atoms with van der Waals surface area (Å²) in [5.41, 5.74) is 1.13. The van der Waals surface area contributed by atoms with Gasteiger partial charge in [0.2, 0.25) is 0 Å². The smallest absolute Gasteiger partial charge is 0.265 e. The van der Waals surface area contributed by atoms with Gasteiger partial charge in [0, 0.05) is 29.9 Å². The number of carbonyl (C=O) groups is 2. The maximum atomic E-state index is 12.7. The number of rotatable bonds is 6. The Bertz CT molecular complexity index is 1280. The third-order valence-corrected chi connectivity index (χ3v) is 6.90. The number of aliphatic imine (C=N–C) groups is 1. The molecule has 3 N–H and O–H groups in total. The van der Waals surface area contributed by atoms with Crippen molar-refractivity contribution in [3.05, 3.63) is 76.5 Å². The maximum Gasteiger partial charge on any atom is 0.265 e. The Kier molecular flexibility index (Phi) is 6.33. The van der Waals surface area contributed by atoms with Gasteiger partial charge in [0.15, 0.2) is 0 Å². The molecule has 0 spiro atoms. The van der Waals surface area contributed by atoms with Gasteiger partial charge in [-0.15, -0.1) is 11.3 Å². The summed E-state index contributed by atoms with van der Waals surface area (Å²) in [6.07, 6.45) is 1.41. The van der Waals surface area contributed by atoms with Gasteiger partial charge in [-0.1, -0.05) is 18.2 Å². The lowest BCUT2D eigenvalue weighted by molar-refractivity contribution is 0.101. The number of amidine groups is 1. The van der Waals surface area contributed by atoms with Crippen LogP contribution in [-0.2, 0) is 10.0 Å². The van der Waals surface area contributed by atoms with Crippen molar-refractivity contribution in [1.82, 2.24) is 4.72 Å². The number of benzene rings is 2. The second-order valence-electron chi connectivity index (χ2n) is 7.03. The third-order valence-electron chi connectivity index (χ3n) is 4.66. The summed E-state index contributed by atoms with van der Waals surface area (Å²) in [5.74, 6) is -0.240. The lowest BCUT2D eigenvalue weighted by atomic mass is 10.1. The SMILES string of the molecule is O=C(Nc1cccc(S(=O)(=O)NC2=NCCC2)c1)c1cccc(NC(=O)c2cccs2)c1. The van der Waals surface area contributed by atoms with E-state index in [0.29, 0.717) is 40.6 Å². The Labute approximate surface area is 189 Å². The monoisotopic (exact) mass is 468 g/mol. The number of thiophene rings is 1. The van der Waals surface area contributed by atoms with E-state index in [-0.39, 0.29) is 10.8 Å². The Hall–Kier alpha value is -3.50. The second kappa shape index (κ2) is 9.33. The molecule has 10 heteroatoms. The van der Waals surface area contributed by atoms with Gasteiger partial charge in [0.05, 0.1) is 9.77 Å². The van der Waals surface area contributed by atoms with Crippen LogP contribution < -0.4 is 15.4 Å². The molecule has 0 fully saturated rings. The summed E-state index contributed by atoms with van der Waals surface area (Å²) in [4.78, 5) is 29.7. The molecule has 0 atom stereocenters. The van der Waals surface area contributed by atoms with Crippen LogP contribution in [0.25, 0.3) is 0 Å². The predicted molar refractivity (Wildman–Crippen MR) is 125 cm³/mol. The molecule has 164 valence electrons. The van der Waals surface area contributed by atoms with Crippen molar-refractivity contribution in [1.29, 1.82) is 0 Å². The van der Waals surface area contributed by atoms with E-state index < -0.39 is 15.9 Å². The highest BCUT2D eigenvalue weighted by atomic mass is 32.2. The predicted octanol–water partition coefficient (Wildman–Crippen LogP) is 3.72. The molecule has 2 aromatic carbocycles. The molecule has 0 aliphatic carbocycles. The Morgan fingerprint density at radius 3 is 2.38 bits per heavy atom. The molecular formula is C22H20N4O4S2. The van der Waals surface area contributed by atoms with Crippen LogP contribution >= 0.6 is 11.3 Å². The van der Waals surface area contributed by atoms with E-state index in [2.05, 4.69) is 20.3 Å². The standard InChI is InChI=1S/C22H20N4O4S2/c27-21(15-5-1-6-16(13-15)25-22(28)19-9-4-12-31-19)24-17-7-2-8-18(14-17)32(29,30)26-20-10-3-11-23-20/h1-2,4-9,12-14H,3,10-11H2,(H,23,26)(H,24,27)(H,25,28). The molecule has 1 aliphatic heterocycles. The van der Waals surface area contributed by atoms with Gasteiger partial charge in [0.25, 0.3) is 21.8 Å². The number of amides is 2. The van der Waals surface area contributed by atoms with Crippen LogP contribution in [0.3, 0.4) is 0 Å². The third kappa shape index (κ3) is 5.21. The van der Waals surface area contributed by atoms with Crippen molar-refractivity contribution in [3.8, 4) is 0 Å². The molecule has 0 radical (unpaired) electrons.